The van der Waals surface area contributed by atoms with Crippen LogP contribution in [0.3, 0.4) is 0 Å². The summed E-state index contributed by atoms with van der Waals surface area (Å²) in [7, 11) is 0. The Balaban J connectivity index is 1.44. The molecule has 0 saturated heterocycles. The van der Waals surface area contributed by atoms with Crippen molar-refractivity contribution in [3.63, 3.8) is 0 Å². The van der Waals surface area contributed by atoms with Crippen LogP contribution in [-0.4, -0.2) is 44.2 Å². The fraction of sp³-hybridized carbons (Fsp3) is 0.125. The van der Waals surface area contributed by atoms with Gasteiger partial charge in [0, 0.05) is 28.1 Å². The molecule has 4 rings (SSSR count). The second kappa shape index (κ2) is 11.6. The normalized spacial score (nSPS) is 11.0. The number of carbonyl (C=O) groups excluding carboxylic acids is 1. The Morgan fingerprint density at radius 2 is 1.82 bits per heavy atom. The maximum Gasteiger partial charge on any atom is 0.250 e. The van der Waals surface area contributed by atoms with Crippen LogP contribution in [0.25, 0.3) is 17.1 Å². The number of pyridine rings is 1. The molecule has 0 saturated carbocycles. The van der Waals surface area contributed by atoms with E-state index in [1.165, 1.54) is 11.8 Å². The topological polar surface area (TPSA) is 94.3 Å². The number of carbonyl (C=O) groups is 1. The van der Waals surface area contributed by atoms with E-state index in [1.807, 2.05) is 72.2 Å². The molecule has 172 valence electrons. The zero-order valence-electron chi connectivity index (χ0n) is 18.3. The Bertz CT molecular complexity index is 1260. The number of halogens is 1. The molecule has 2 aromatic heterocycles. The van der Waals surface area contributed by atoms with E-state index in [0.717, 1.165) is 27.0 Å². The van der Waals surface area contributed by atoms with E-state index in [-0.39, 0.29) is 11.7 Å². The lowest BCUT2D eigenvalue weighted by Crippen LogP contribution is -2.20. The van der Waals surface area contributed by atoms with Crippen LogP contribution in [0, 0.1) is 0 Å². The highest BCUT2D eigenvalue weighted by Crippen LogP contribution is 2.28. The van der Waals surface area contributed by atoms with Gasteiger partial charge in [-0.25, -0.2) is 5.43 Å². The first kappa shape index (κ1) is 23.7. The van der Waals surface area contributed by atoms with Crippen molar-refractivity contribution >= 4 is 39.8 Å². The molecule has 0 fully saturated rings. The molecule has 34 heavy (non-hydrogen) atoms. The van der Waals surface area contributed by atoms with Gasteiger partial charge in [0.05, 0.1) is 18.6 Å². The predicted molar refractivity (Wildman–Crippen MR) is 136 cm³/mol. The lowest BCUT2D eigenvalue weighted by Gasteiger charge is -2.10. The molecule has 4 aromatic rings. The SMILES string of the molecule is CCOc1ccc(/C=N/NC(=O)CSc2nnc(-c3ccncc3)n2-c2ccc(Br)cc2)cc1. The minimum atomic E-state index is -0.247. The van der Waals surface area contributed by atoms with Crippen LogP contribution in [0.5, 0.6) is 5.75 Å². The standard InChI is InChI=1S/C24H21BrN6O2S/c1-2-33-21-9-3-17(4-10-21)15-27-28-22(32)16-34-24-30-29-23(18-11-13-26-14-12-18)31(24)20-7-5-19(25)6-8-20/h3-15H,2,16H2,1H3,(H,28,32)/b27-15+. The van der Waals surface area contributed by atoms with Gasteiger partial charge in [-0.05, 0) is 73.2 Å². The lowest BCUT2D eigenvalue weighted by atomic mass is 10.2. The highest BCUT2D eigenvalue weighted by atomic mass is 79.9. The van der Waals surface area contributed by atoms with Gasteiger partial charge >= 0.3 is 0 Å². The van der Waals surface area contributed by atoms with Crippen molar-refractivity contribution in [3.8, 4) is 22.8 Å². The van der Waals surface area contributed by atoms with Crippen molar-refractivity contribution in [1.82, 2.24) is 25.2 Å². The lowest BCUT2D eigenvalue weighted by molar-refractivity contribution is -0.118. The van der Waals surface area contributed by atoms with Crippen molar-refractivity contribution in [2.45, 2.75) is 12.1 Å². The Morgan fingerprint density at radius 3 is 2.53 bits per heavy atom. The number of ether oxygens (including phenoxy) is 1. The highest BCUT2D eigenvalue weighted by Gasteiger charge is 2.17. The summed E-state index contributed by atoms with van der Waals surface area (Å²) < 4.78 is 8.31. The maximum atomic E-state index is 12.4. The maximum absolute atomic E-state index is 12.4. The number of nitrogens with zero attached hydrogens (tertiary/aromatic N) is 5. The van der Waals surface area contributed by atoms with Crippen LogP contribution in [0.15, 0.2) is 87.8 Å². The molecule has 10 heteroatoms. The molecule has 0 aliphatic carbocycles. The van der Waals surface area contributed by atoms with E-state index in [2.05, 4.69) is 41.6 Å². The minimum Gasteiger partial charge on any atom is -0.494 e. The monoisotopic (exact) mass is 536 g/mol. The summed E-state index contributed by atoms with van der Waals surface area (Å²) in [4.78, 5) is 16.5. The average molecular weight is 537 g/mol. The fourth-order valence-electron chi connectivity index (χ4n) is 3.03. The largest absolute Gasteiger partial charge is 0.494 e. The van der Waals surface area contributed by atoms with Gasteiger partial charge in [-0.3, -0.25) is 14.3 Å². The van der Waals surface area contributed by atoms with Crippen molar-refractivity contribution < 1.29 is 9.53 Å². The van der Waals surface area contributed by atoms with Gasteiger partial charge in [0.15, 0.2) is 11.0 Å². The summed E-state index contributed by atoms with van der Waals surface area (Å²) in [6, 6.07) is 19.0. The fourth-order valence-corrected chi connectivity index (χ4v) is 4.04. The first-order valence-corrected chi connectivity index (χ1v) is 12.2. The van der Waals surface area contributed by atoms with Crippen molar-refractivity contribution in [1.29, 1.82) is 0 Å². The summed E-state index contributed by atoms with van der Waals surface area (Å²) in [5, 5.41) is 13.3. The molecule has 8 nitrogen and oxygen atoms in total. The number of aromatic nitrogens is 4. The molecule has 1 amide bonds. The molecule has 0 spiro atoms. The third-order valence-corrected chi connectivity index (χ3v) is 6.04. The summed E-state index contributed by atoms with van der Waals surface area (Å²) in [6.45, 7) is 2.55. The van der Waals surface area contributed by atoms with Crippen LogP contribution < -0.4 is 10.2 Å². The molecule has 0 unspecified atom stereocenters. The van der Waals surface area contributed by atoms with Gasteiger partial charge in [0.1, 0.15) is 5.75 Å². The number of amides is 1. The molecule has 0 aliphatic heterocycles. The predicted octanol–water partition coefficient (Wildman–Crippen LogP) is 4.73. The van der Waals surface area contributed by atoms with E-state index in [0.29, 0.717) is 17.6 Å². The van der Waals surface area contributed by atoms with Gasteiger partial charge in [-0.2, -0.15) is 5.10 Å². The summed E-state index contributed by atoms with van der Waals surface area (Å²) in [5.41, 5.74) is 5.17. The van der Waals surface area contributed by atoms with E-state index in [1.54, 1.807) is 18.6 Å². The molecule has 0 bridgehead atoms. The third kappa shape index (κ3) is 6.09. The van der Waals surface area contributed by atoms with E-state index in [4.69, 9.17) is 4.74 Å². The zero-order chi connectivity index (χ0) is 23.8. The average Bonchev–Trinajstić information content (AvgIpc) is 3.29. The van der Waals surface area contributed by atoms with Crippen LogP contribution in [0.1, 0.15) is 12.5 Å². The van der Waals surface area contributed by atoms with Gasteiger partial charge in [-0.1, -0.05) is 27.7 Å². The van der Waals surface area contributed by atoms with Gasteiger partial charge in [0.25, 0.3) is 5.91 Å². The molecule has 2 aromatic carbocycles. The van der Waals surface area contributed by atoms with Crippen LogP contribution in [-0.2, 0) is 4.79 Å². The molecule has 0 radical (unpaired) electrons. The third-order valence-electron chi connectivity index (χ3n) is 4.58. The number of nitrogens with one attached hydrogen (secondary N) is 1. The van der Waals surface area contributed by atoms with Crippen LogP contribution >= 0.6 is 27.7 Å². The summed E-state index contributed by atoms with van der Waals surface area (Å²) >= 11 is 4.75. The first-order valence-electron chi connectivity index (χ1n) is 10.4. The molecule has 0 atom stereocenters. The van der Waals surface area contributed by atoms with Gasteiger partial charge in [0.2, 0.25) is 0 Å². The van der Waals surface area contributed by atoms with Crippen molar-refractivity contribution in [2.24, 2.45) is 5.10 Å². The summed E-state index contributed by atoms with van der Waals surface area (Å²) in [6.07, 6.45) is 5.00. The minimum absolute atomic E-state index is 0.131. The Kier molecular flexibility index (Phi) is 8.05. The van der Waals surface area contributed by atoms with E-state index < -0.39 is 0 Å². The number of benzene rings is 2. The Morgan fingerprint density at radius 1 is 1.09 bits per heavy atom. The molecular weight excluding hydrogens is 516 g/mol. The zero-order valence-corrected chi connectivity index (χ0v) is 20.7. The molecule has 1 N–H and O–H groups in total. The van der Waals surface area contributed by atoms with Gasteiger partial charge < -0.3 is 4.74 Å². The van der Waals surface area contributed by atoms with E-state index >= 15 is 0 Å². The van der Waals surface area contributed by atoms with Crippen molar-refractivity contribution in [2.75, 3.05) is 12.4 Å². The number of hydrogen-bond donors (Lipinski definition) is 1. The number of rotatable bonds is 9. The first-order chi connectivity index (χ1) is 16.6. The second-order valence-corrected chi connectivity index (χ2v) is 8.80. The number of hydrogen-bond acceptors (Lipinski definition) is 7. The smallest absolute Gasteiger partial charge is 0.250 e. The van der Waals surface area contributed by atoms with E-state index in [9.17, 15) is 4.79 Å². The molecular formula is C24H21BrN6O2S. The molecule has 0 aliphatic rings. The Labute approximate surface area is 209 Å². The van der Waals surface area contributed by atoms with Gasteiger partial charge in [-0.15, -0.1) is 10.2 Å². The second-order valence-electron chi connectivity index (χ2n) is 6.94. The number of thioether (sulfide) groups is 1. The number of hydrazone groups is 1. The van der Waals surface area contributed by atoms with Crippen LogP contribution in [0.2, 0.25) is 0 Å². The Hall–Kier alpha value is -3.50. The molecule has 2 heterocycles. The quantitative estimate of drug-likeness (QED) is 0.189. The highest BCUT2D eigenvalue weighted by molar-refractivity contribution is 9.10. The summed E-state index contributed by atoms with van der Waals surface area (Å²) in [5.74, 6) is 1.34. The van der Waals surface area contributed by atoms with Crippen molar-refractivity contribution in [3.05, 3.63) is 83.1 Å². The van der Waals surface area contributed by atoms with Crippen LogP contribution in [0.4, 0.5) is 0 Å².